The Labute approximate surface area is 108 Å². The lowest BCUT2D eigenvalue weighted by Gasteiger charge is -2.03. The summed E-state index contributed by atoms with van der Waals surface area (Å²) >= 11 is 0. The van der Waals surface area contributed by atoms with E-state index in [0.717, 1.165) is 0 Å². The lowest BCUT2D eigenvalue weighted by molar-refractivity contribution is 0.0558. The van der Waals surface area contributed by atoms with E-state index >= 15 is 0 Å². The second-order valence-corrected chi connectivity index (χ2v) is 2.61. The number of hydrogen-bond donors (Lipinski definition) is 0. The van der Waals surface area contributed by atoms with Crippen LogP contribution in [0.1, 0.15) is 43.8 Å². The van der Waals surface area contributed by atoms with Crippen LogP contribution >= 0.6 is 0 Å². The summed E-state index contributed by atoms with van der Waals surface area (Å²) in [5, 5.41) is 0. The maximum Gasteiger partial charge on any atom is 0.379 e. The summed E-state index contributed by atoms with van der Waals surface area (Å²) in [6.45, 7) is 9.64. The van der Waals surface area contributed by atoms with Crippen LogP contribution < -0.4 is 10.4 Å². The molecule has 0 bridgehead atoms. The minimum absolute atomic E-state index is 0.0950. The number of esters is 1. The van der Waals surface area contributed by atoms with E-state index in [1.54, 1.807) is 6.92 Å². The third-order valence-corrected chi connectivity index (χ3v) is 1.68. The van der Waals surface area contributed by atoms with Crippen molar-refractivity contribution in [3.05, 3.63) is 27.8 Å². The van der Waals surface area contributed by atoms with Crippen LogP contribution in [-0.2, 0) is 4.74 Å². The number of methoxy groups -OCH3 is 2. The number of carbonyl (C=O) groups is 1. The standard InChI is InChI=1S/C9H10O5.2C2H6/c1-5-4-6(8(10)13-3)14-9(11)7(5)12-2;2*1-2/h4H,1-3H3;2*1-2H3. The molecule has 0 atom stereocenters. The van der Waals surface area contributed by atoms with Gasteiger partial charge >= 0.3 is 11.6 Å². The van der Waals surface area contributed by atoms with Gasteiger partial charge in [-0.25, -0.2) is 9.59 Å². The predicted molar refractivity (Wildman–Crippen MR) is 70.3 cm³/mol. The second kappa shape index (κ2) is 10.4. The topological polar surface area (TPSA) is 65.7 Å². The zero-order valence-corrected chi connectivity index (χ0v) is 12.1. The van der Waals surface area contributed by atoms with Crippen molar-refractivity contribution in [3.63, 3.8) is 0 Å². The first kappa shape index (κ1) is 18.6. The molecule has 0 saturated carbocycles. The Kier molecular flexibility index (Phi) is 10.7. The third kappa shape index (κ3) is 5.03. The molecular weight excluding hydrogens is 236 g/mol. The first-order valence-corrected chi connectivity index (χ1v) is 5.87. The second-order valence-electron chi connectivity index (χ2n) is 2.61. The van der Waals surface area contributed by atoms with Gasteiger partial charge in [-0.2, -0.15) is 0 Å². The van der Waals surface area contributed by atoms with Gasteiger partial charge in [-0.15, -0.1) is 0 Å². The van der Waals surface area contributed by atoms with Crippen LogP contribution in [0.4, 0.5) is 0 Å². The molecule has 5 heteroatoms. The summed E-state index contributed by atoms with van der Waals surface area (Å²) in [5.74, 6) is -0.721. The SMILES string of the molecule is CC.CC.COC(=O)c1cc(C)c(OC)c(=O)o1. The van der Waals surface area contributed by atoms with Crippen molar-refractivity contribution in [2.24, 2.45) is 0 Å². The number of aryl methyl sites for hydroxylation is 1. The van der Waals surface area contributed by atoms with E-state index in [1.165, 1.54) is 20.3 Å². The van der Waals surface area contributed by atoms with Gasteiger partial charge in [0.15, 0.2) is 0 Å². The molecule has 1 rings (SSSR count). The molecule has 0 aliphatic heterocycles. The average molecular weight is 258 g/mol. The van der Waals surface area contributed by atoms with Crippen LogP contribution in [-0.4, -0.2) is 20.2 Å². The van der Waals surface area contributed by atoms with Gasteiger partial charge in [0.25, 0.3) is 0 Å². The summed E-state index contributed by atoms with van der Waals surface area (Å²) in [6.07, 6.45) is 0. The van der Waals surface area contributed by atoms with Gasteiger partial charge in [-0.3, -0.25) is 0 Å². The fourth-order valence-corrected chi connectivity index (χ4v) is 1.04. The van der Waals surface area contributed by atoms with Crippen molar-refractivity contribution in [2.45, 2.75) is 34.6 Å². The molecule has 104 valence electrons. The van der Waals surface area contributed by atoms with Crippen LogP contribution in [0.2, 0.25) is 0 Å². The van der Waals surface area contributed by atoms with E-state index in [4.69, 9.17) is 4.74 Å². The molecule has 0 fully saturated rings. The van der Waals surface area contributed by atoms with Gasteiger partial charge in [-0.1, -0.05) is 27.7 Å². The van der Waals surface area contributed by atoms with Crippen LogP contribution in [0.15, 0.2) is 15.3 Å². The van der Waals surface area contributed by atoms with Crippen molar-refractivity contribution >= 4 is 5.97 Å². The fraction of sp³-hybridized carbons (Fsp3) is 0.538. The molecule has 0 N–H and O–H groups in total. The van der Waals surface area contributed by atoms with E-state index in [2.05, 4.69) is 9.15 Å². The largest absolute Gasteiger partial charge is 0.490 e. The Morgan fingerprint density at radius 3 is 2.00 bits per heavy atom. The Morgan fingerprint density at radius 1 is 1.17 bits per heavy atom. The highest BCUT2D eigenvalue weighted by Gasteiger charge is 2.14. The lowest BCUT2D eigenvalue weighted by Crippen LogP contribution is -2.11. The highest BCUT2D eigenvalue weighted by molar-refractivity contribution is 5.86. The Hall–Kier alpha value is -1.78. The fourth-order valence-electron chi connectivity index (χ4n) is 1.04. The van der Waals surface area contributed by atoms with Crippen LogP contribution in [0.5, 0.6) is 5.75 Å². The quantitative estimate of drug-likeness (QED) is 0.763. The highest BCUT2D eigenvalue weighted by atomic mass is 16.5. The third-order valence-electron chi connectivity index (χ3n) is 1.68. The molecule has 0 unspecified atom stereocenters. The molecule has 1 aromatic heterocycles. The lowest BCUT2D eigenvalue weighted by atomic mass is 10.2. The number of carbonyl (C=O) groups excluding carboxylic acids is 1. The van der Waals surface area contributed by atoms with Crippen molar-refractivity contribution in [1.29, 1.82) is 0 Å². The molecule has 5 nitrogen and oxygen atoms in total. The predicted octanol–water partition coefficient (Wildman–Crippen LogP) is 2.80. The molecule has 0 saturated heterocycles. The van der Waals surface area contributed by atoms with E-state index in [9.17, 15) is 9.59 Å². The van der Waals surface area contributed by atoms with Crippen LogP contribution in [0.25, 0.3) is 0 Å². The molecule has 0 radical (unpaired) electrons. The first-order chi connectivity index (χ1) is 8.60. The highest BCUT2D eigenvalue weighted by Crippen LogP contribution is 2.13. The molecule has 0 amide bonds. The van der Waals surface area contributed by atoms with Gasteiger partial charge < -0.3 is 13.9 Å². The normalized spacial score (nSPS) is 8.17. The minimum atomic E-state index is -0.687. The van der Waals surface area contributed by atoms with Crippen LogP contribution in [0.3, 0.4) is 0 Å². The van der Waals surface area contributed by atoms with Crippen molar-refractivity contribution in [1.82, 2.24) is 0 Å². The molecule has 1 aromatic rings. The average Bonchev–Trinajstić information content (AvgIpc) is 2.42. The zero-order valence-electron chi connectivity index (χ0n) is 12.1. The van der Waals surface area contributed by atoms with E-state index < -0.39 is 11.6 Å². The van der Waals surface area contributed by atoms with E-state index in [-0.39, 0.29) is 11.5 Å². The molecule has 1 heterocycles. The number of hydrogen-bond acceptors (Lipinski definition) is 5. The molecule has 18 heavy (non-hydrogen) atoms. The number of ether oxygens (including phenoxy) is 2. The van der Waals surface area contributed by atoms with Crippen molar-refractivity contribution < 1.29 is 18.7 Å². The Morgan fingerprint density at radius 2 is 1.67 bits per heavy atom. The van der Waals surface area contributed by atoms with Gasteiger partial charge in [0.05, 0.1) is 14.2 Å². The minimum Gasteiger partial charge on any atom is -0.490 e. The molecule has 0 aliphatic carbocycles. The van der Waals surface area contributed by atoms with E-state index in [0.29, 0.717) is 5.56 Å². The van der Waals surface area contributed by atoms with Gasteiger partial charge in [0.2, 0.25) is 11.5 Å². The van der Waals surface area contributed by atoms with Gasteiger partial charge in [-0.05, 0) is 13.0 Å². The molecule has 0 spiro atoms. The Bertz CT molecular complexity index is 406. The summed E-state index contributed by atoms with van der Waals surface area (Å²) in [5.41, 5.74) is -0.156. The van der Waals surface area contributed by atoms with Gasteiger partial charge in [0.1, 0.15) is 0 Å². The molecular formula is C13H22O5. The zero-order chi connectivity index (χ0) is 14.7. The summed E-state index contributed by atoms with van der Waals surface area (Å²) in [4.78, 5) is 22.2. The maximum absolute atomic E-state index is 11.2. The maximum atomic E-state index is 11.2. The van der Waals surface area contributed by atoms with Crippen molar-refractivity contribution in [3.8, 4) is 5.75 Å². The first-order valence-electron chi connectivity index (χ1n) is 5.87. The summed E-state index contributed by atoms with van der Waals surface area (Å²) in [6, 6.07) is 1.39. The monoisotopic (exact) mass is 258 g/mol. The van der Waals surface area contributed by atoms with E-state index in [1.807, 2.05) is 27.7 Å². The summed E-state index contributed by atoms with van der Waals surface area (Å²) in [7, 11) is 2.57. The molecule has 0 aliphatic rings. The smallest absolute Gasteiger partial charge is 0.379 e. The van der Waals surface area contributed by atoms with Crippen LogP contribution in [0, 0.1) is 6.92 Å². The van der Waals surface area contributed by atoms with Gasteiger partial charge in [0, 0.05) is 5.56 Å². The summed E-state index contributed by atoms with van der Waals surface area (Å²) < 4.78 is 13.9. The number of rotatable bonds is 2. The molecule has 0 aromatic carbocycles. The van der Waals surface area contributed by atoms with Crippen molar-refractivity contribution in [2.75, 3.05) is 14.2 Å². The Balaban J connectivity index is 0.